The first-order valence-electron chi connectivity index (χ1n) is 11.9. The molecule has 3 aromatic rings. The lowest BCUT2D eigenvalue weighted by Gasteiger charge is -2.37. The maximum atomic E-state index is 12.1. The highest BCUT2D eigenvalue weighted by molar-refractivity contribution is 7.88. The van der Waals surface area contributed by atoms with Crippen molar-refractivity contribution in [3.05, 3.63) is 65.9 Å². The number of aliphatic carboxylic acids is 1. The van der Waals surface area contributed by atoms with Crippen molar-refractivity contribution >= 4 is 43.5 Å². The number of thiol groups is 1. The van der Waals surface area contributed by atoms with E-state index in [2.05, 4.69) is 4.98 Å². The predicted molar refractivity (Wildman–Crippen MR) is 144 cm³/mol. The maximum Gasteiger partial charge on any atom is 0.322 e. The van der Waals surface area contributed by atoms with Crippen molar-refractivity contribution in [2.45, 2.75) is 19.6 Å². The van der Waals surface area contributed by atoms with E-state index >= 15 is 0 Å². The second-order valence-electron chi connectivity index (χ2n) is 9.09. The molecule has 0 unspecified atom stereocenters. The zero-order valence-electron chi connectivity index (χ0n) is 21.1. The summed E-state index contributed by atoms with van der Waals surface area (Å²) in [6.45, 7) is 2.56. The number of para-hydroxylation sites is 1. The third-order valence-corrected chi connectivity index (χ3v) is 8.56. The summed E-state index contributed by atoms with van der Waals surface area (Å²) in [6, 6.07) is 15.0. The molecule has 1 aromatic heterocycles. The number of pyridine rings is 1. The summed E-state index contributed by atoms with van der Waals surface area (Å²) in [5.41, 5.74) is 3.03. The highest BCUT2D eigenvalue weighted by Gasteiger charge is 2.33. The van der Waals surface area contributed by atoms with Gasteiger partial charge in [0.2, 0.25) is 20.9 Å². The number of fused-ring (bicyclic) bond motifs is 1. The molecular formula is C25H30N4O7S2. The maximum absolute atomic E-state index is 12.1. The van der Waals surface area contributed by atoms with Gasteiger partial charge < -0.3 is 9.84 Å². The Morgan fingerprint density at radius 1 is 1.11 bits per heavy atom. The van der Waals surface area contributed by atoms with Crippen LogP contribution < -0.4 is 9.04 Å². The fourth-order valence-electron chi connectivity index (χ4n) is 4.52. The highest BCUT2D eigenvalue weighted by atomic mass is 32.2. The standard InChI is InChI=1S/C25H30N4O7S2/c1-18-15-19(22-5-3-4-6-23(22)26-18)17-36-21-9-7-20(8-10-21)29(37(32)33)16-24(25(30)31)27-11-13-28(14-12-27)38(2,34)35/h3-10,15,24,37H,11-14,16-17H2,1-2H3,(H,30,31)/t24-/m1/s1. The average molecular weight is 563 g/mol. The molecule has 1 N–H and O–H groups in total. The number of hydrogen-bond acceptors (Lipinski definition) is 8. The molecule has 4 rings (SSSR count). The fourth-order valence-corrected chi connectivity index (χ4v) is 5.95. The number of carboxylic acids is 1. The quantitative estimate of drug-likeness (QED) is 0.352. The first-order chi connectivity index (χ1) is 18.0. The van der Waals surface area contributed by atoms with Crippen LogP contribution in [0.2, 0.25) is 0 Å². The first kappa shape index (κ1) is 27.8. The van der Waals surface area contributed by atoms with Crippen LogP contribution in [0.25, 0.3) is 10.9 Å². The minimum Gasteiger partial charge on any atom is -0.489 e. The predicted octanol–water partition coefficient (Wildman–Crippen LogP) is 1.49. The molecular weight excluding hydrogens is 532 g/mol. The number of piperazine rings is 1. The van der Waals surface area contributed by atoms with Gasteiger partial charge in [-0.15, -0.1) is 0 Å². The summed E-state index contributed by atoms with van der Waals surface area (Å²) in [4.78, 5) is 18.2. The number of hydrogen-bond donors (Lipinski definition) is 2. The molecule has 2 heterocycles. The molecule has 0 spiro atoms. The number of sulfonamides is 1. The highest BCUT2D eigenvalue weighted by Crippen LogP contribution is 2.24. The molecule has 11 nitrogen and oxygen atoms in total. The Hall–Kier alpha value is -3.26. The van der Waals surface area contributed by atoms with Gasteiger partial charge in [-0.2, -0.15) is 4.31 Å². The second-order valence-corrected chi connectivity index (χ2v) is 12.0. The van der Waals surface area contributed by atoms with E-state index in [0.29, 0.717) is 18.0 Å². The van der Waals surface area contributed by atoms with Crippen molar-refractivity contribution in [3.63, 3.8) is 0 Å². The Bertz CT molecular complexity index is 1480. The minimum atomic E-state index is -3.38. The lowest BCUT2D eigenvalue weighted by molar-refractivity contribution is -0.143. The van der Waals surface area contributed by atoms with Crippen LogP contribution in [0.4, 0.5) is 5.69 Å². The summed E-state index contributed by atoms with van der Waals surface area (Å²) in [5.74, 6) is -0.653. The molecule has 13 heteroatoms. The smallest absolute Gasteiger partial charge is 0.322 e. The minimum absolute atomic E-state index is 0.143. The molecule has 204 valence electrons. The third kappa shape index (κ3) is 6.59. The van der Waals surface area contributed by atoms with E-state index in [1.54, 1.807) is 29.2 Å². The number of benzene rings is 2. The van der Waals surface area contributed by atoms with Crippen LogP contribution in [-0.4, -0.2) is 87.1 Å². The molecule has 1 aliphatic heterocycles. The van der Waals surface area contributed by atoms with Gasteiger partial charge in [-0.25, -0.2) is 16.8 Å². The Balaban J connectivity index is 1.45. The van der Waals surface area contributed by atoms with Crippen LogP contribution in [0.5, 0.6) is 5.75 Å². The fraction of sp³-hybridized carbons (Fsp3) is 0.360. The van der Waals surface area contributed by atoms with Gasteiger partial charge in [-0.1, -0.05) is 18.2 Å². The van der Waals surface area contributed by atoms with E-state index in [4.69, 9.17) is 4.74 Å². The molecule has 1 atom stereocenters. The lowest BCUT2D eigenvalue weighted by atomic mass is 10.1. The van der Waals surface area contributed by atoms with Gasteiger partial charge in [0.05, 0.1) is 24.0 Å². The lowest BCUT2D eigenvalue weighted by Crippen LogP contribution is -2.56. The van der Waals surface area contributed by atoms with Gasteiger partial charge in [0.1, 0.15) is 18.4 Å². The van der Waals surface area contributed by atoms with E-state index in [9.17, 15) is 26.7 Å². The normalized spacial score (nSPS) is 16.0. The van der Waals surface area contributed by atoms with Crippen molar-refractivity contribution in [1.29, 1.82) is 0 Å². The van der Waals surface area contributed by atoms with Gasteiger partial charge in [-0.05, 0) is 43.3 Å². The topological polar surface area (TPSA) is 137 Å². The Morgan fingerprint density at radius 3 is 2.37 bits per heavy atom. The van der Waals surface area contributed by atoms with E-state index in [1.165, 1.54) is 4.31 Å². The van der Waals surface area contributed by atoms with E-state index in [0.717, 1.165) is 32.7 Å². The van der Waals surface area contributed by atoms with Crippen LogP contribution >= 0.6 is 0 Å². The molecule has 0 aliphatic carbocycles. The summed E-state index contributed by atoms with van der Waals surface area (Å²) in [6.07, 6.45) is 1.11. The molecule has 0 radical (unpaired) electrons. The average Bonchev–Trinajstić information content (AvgIpc) is 2.87. The van der Waals surface area contributed by atoms with Crippen LogP contribution in [0.3, 0.4) is 0 Å². The number of carbonyl (C=O) groups is 1. The zero-order valence-corrected chi connectivity index (χ0v) is 22.8. The third-order valence-electron chi connectivity index (χ3n) is 6.47. The summed E-state index contributed by atoms with van der Waals surface area (Å²) < 4.78 is 56.0. The van der Waals surface area contributed by atoms with Crippen molar-refractivity contribution in [3.8, 4) is 5.75 Å². The number of aromatic nitrogens is 1. The zero-order chi connectivity index (χ0) is 27.4. The van der Waals surface area contributed by atoms with Crippen LogP contribution in [-0.2, 0) is 32.3 Å². The number of ether oxygens (including phenoxy) is 1. The molecule has 0 saturated carbocycles. The monoisotopic (exact) mass is 562 g/mol. The summed E-state index contributed by atoms with van der Waals surface area (Å²) in [7, 11) is -6.51. The molecule has 0 bridgehead atoms. The van der Waals surface area contributed by atoms with Crippen molar-refractivity contribution in [1.82, 2.24) is 14.2 Å². The summed E-state index contributed by atoms with van der Waals surface area (Å²) >= 11 is 0. The molecule has 1 saturated heterocycles. The Morgan fingerprint density at radius 2 is 1.76 bits per heavy atom. The molecule has 2 aromatic carbocycles. The number of anilines is 1. The second kappa shape index (κ2) is 11.6. The van der Waals surface area contributed by atoms with Crippen molar-refractivity contribution in [2.75, 3.05) is 43.3 Å². The molecule has 1 aliphatic rings. The van der Waals surface area contributed by atoms with Crippen LogP contribution in [0.15, 0.2) is 54.6 Å². The Kier molecular flexibility index (Phi) is 8.51. The summed E-state index contributed by atoms with van der Waals surface area (Å²) in [5, 5.41) is 10.8. The molecule has 38 heavy (non-hydrogen) atoms. The van der Waals surface area contributed by atoms with E-state index in [-0.39, 0.29) is 32.7 Å². The number of nitrogens with zero attached hydrogens (tertiary/aromatic N) is 4. The van der Waals surface area contributed by atoms with Crippen LogP contribution in [0.1, 0.15) is 11.3 Å². The van der Waals surface area contributed by atoms with E-state index < -0.39 is 32.9 Å². The van der Waals surface area contributed by atoms with E-state index in [1.807, 2.05) is 37.3 Å². The number of aryl methyl sites for hydroxylation is 1. The van der Waals surface area contributed by atoms with Gasteiger partial charge in [0.15, 0.2) is 0 Å². The number of rotatable bonds is 10. The first-order valence-corrected chi connectivity index (χ1v) is 14.9. The SMILES string of the molecule is Cc1cc(COc2ccc(N(C[C@H](C(=O)O)N3CCN(S(C)(=O)=O)CC3)[SH](=O)=O)cc2)c2ccccc2n1. The van der Waals surface area contributed by atoms with Gasteiger partial charge in [0.25, 0.3) is 0 Å². The van der Waals surface area contributed by atoms with Gasteiger partial charge in [-0.3, -0.25) is 19.0 Å². The number of carboxylic acid groups (broad SMARTS) is 1. The van der Waals surface area contributed by atoms with Gasteiger partial charge in [0, 0.05) is 42.8 Å². The van der Waals surface area contributed by atoms with Crippen molar-refractivity contribution < 1.29 is 31.5 Å². The van der Waals surface area contributed by atoms with Gasteiger partial charge >= 0.3 is 5.97 Å². The molecule has 1 fully saturated rings. The Labute approximate surface area is 223 Å². The van der Waals surface area contributed by atoms with Crippen LogP contribution in [0, 0.1) is 6.92 Å². The largest absolute Gasteiger partial charge is 0.489 e. The van der Waals surface area contributed by atoms with Crippen molar-refractivity contribution in [2.24, 2.45) is 0 Å². The molecule has 0 amide bonds.